The van der Waals surface area contributed by atoms with Crippen molar-refractivity contribution >= 4 is 29.9 Å². The van der Waals surface area contributed by atoms with Crippen molar-refractivity contribution in [2.45, 2.75) is 40.2 Å². The van der Waals surface area contributed by atoms with Crippen molar-refractivity contribution in [1.82, 2.24) is 20.4 Å². The molecule has 0 saturated heterocycles. The lowest BCUT2D eigenvalue weighted by molar-refractivity contribution is 0.414. The van der Waals surface area contributed by atoms with Gasteiger partial charge in [-0.25, -0.2) is 4.99 Å². The third-order valence-corrected chi connectivity index (χ3v) is 4.47. The molecule has 2 aromatic rings. The number of aliphatic imine (C=N–C) groups is 1. The van der Waals surface area contributed by atoms with Crippen molar-refractivity contribution in [2.75, 3.05) is 20.2 Å². The Labute approximate surface area is 179 Å². The average molecular weight is 485 g/mol. The molecule has 27 heavy (non-hydrogen) atoms. The van der Waals surface area contributed by atoms with Crippen molar-refractivity contribution < 1.29 is 4.74 Å². The number of halogens is 1. The number of ether oxygens (including phenoxy) is 1. The molecule has 1 aromatic heterocycles. The molecule has 2 N–H and O–H groups in total. The predicted octanol–water partition coefficient (Wildman–Crippen LogP) is 3.35. The number of hydrogen-bond acceptors (Lipinski definition) is 3. The number of aryl methyl sites for hydroxylation is 3. The maximum absolute atomic E-state index is 5.27. The van der Waals surface area contributed by atoms with Gasteiger partial charge in [0.2, 0.25) is 0 Å². The Kier molecular flexibility index (Phi) is 10.2. The quantitative estimate of drug-likeness (QED) is 0.261. The van der Waals surface area contributed by atoms with E-state index in [1.165, 1.54) is 16.8 Å². The third-order valence-electron chi connectivity index (χ3n) is 4.47. The molecule has 0 unspecified atom stereocenters. The molecule has 0 saturated carbocycles. The average Bonchev–Trinajstić information content (AvgIpc) is 2.88. The Morgan fingerprint density at radius 2 is 2.04 bits per heavy atom. The smallest absolute Gasteiger partial charge is 0.191 e. The Hall–Kier alpha value is -1.77. The van der Waals surface area contributed by atoms with Gasteiger partial charge in [0.15, 0.2) is 5.96 Å². The molecule has 0 radical (unpaired) electrons. The highest BCUT2D eigenvalue weighted by molar-refractivity contribution is 14.0. The van der Waals surface area contributed by atoms with Crippen LogP contribution in [0, 0.1) is 13.8 Å². The van der Waals surface area contributed by atoms with Crippen LogP contribution in [0.15, 0.2) is 29.3 Å². The van der Waals surface area contributed by atoms with Gasteiger partial charge in [0.25, 0.3) is 0 Å². The minimum absolute atomic E-state index is 0. The molecule has 1 aromatic carbocycles. The van der Waals surface area contributed by atoms with Crippen LogP contribution in [0.2, 0.25) is 0 Å². The Morgan fingerprint density at radius 3 is 2.67 bits per heavy atom. The Morgan fingerprint density at radius 1 is 1.26 bits per heavy atom. The summed E-state index contributed by atoms with van der Waals surface area (Å²) < 4.78 is 7.19. The lowest BCUT2D eigenvalue weighted by atomic mass is 10.1. The summed E-state index contributed by atoms with van der Waals surface area (Å²) in [5.74, 6) is 1.76. The van der Waals surface area contributed by atoms with Gasteiger partial charge >= 0.3 is 0 Å². The first-order valence-corrected chi connectivity index (χ1v) is 9.19. The summed E-state index contributed by atoms with van der Waals surface area (Å²) in [4.78, 5) is 4.71. The highest BCUT2D eigenvalue weighted by Crippen LogP contribution is 2.14. The molecule has 0 fully saturated rings. The van der Waals surface area contributed by atoms with Crippen molar-refractivity contribution in [3.8, 4) is 5.75 Å². The largest absolute Gasteiger partial charge is 0.497 e. The zero-order valence-electron chi connectivity index (χ0n) is 17.0. The SMILES string of the molecule is CCNC(=NCc1c(C)nn(C)c1C)NCCCc1cccc(OC)c1.I. The number of methoxy groups -OCH3 is 1. The molecule has 6 nitrogen and oxygen atoms in total. The number of hydrogen-bond donors (Lipinski definition) is 2. The summed E-state index contributed by atoms with van der Waals surface area (Å²) in [5, 5.41) is 11.2. The van der Waals surface area contributed by atoms with Crippen molar-refractivity contribution in [3.63, 3.8) is 0 Å². The number of rotatable bonds is 8. The van der Waals surface area contributed by atoms with Gasteiger partial charge in [-0.2, -0.15) is 5.10 Å². The van der Waals surface area contributed by atoms with E-state index < -0.39 is 0 Å². The molecule has 7 heteroatoms. The van der Waals surface area contributed by atoms with Gasteiger partial charge in [-0.3, -0.25) is 4.68 Å². The van der Waals surface area contributed by atoms with E-state index in [2.05, 4.69) is 41.7 Å². The van der Waals surface area contributed by atoms with Gasteiger partial charge in [-0.1, -0.05) is 12.1 Å². The number of nitrogens with one attached hydrogen (secondary N) is 2. The molecular weight excluding hydrogens is 453 g/mol. The fraction of sp³-hybridized carbons (Fsp3) is 0.500. The summed E-state index contributed by atoms with van der Waals surface area (Å²) in [5.41, 5.74) is 4.69. The second-order valence-electron chi connectivity index (χ2n) is 6.35. The zero-order chi connectivity index (χ0) is 18.9. The molecule has 2 rings (SSSR count). The normalized spacial score (nSPS) is 11.1. The van der Waals surface area contributed by atoms with E-state index in [-0.39, 0.29) is 24.0 Å². The monoisotopic (exact) mass is 485 g/mol. The van der Waals surface area contributed by atoms with Gasteiger partial charge < -0.3 is 15.4 Å². The molecule has 0 amide bonds. The van der Waals surface area contributed by atoms with Crippen LogP contribution < -0.4 is 15.4 Å². The second-order valence-corrected chi connectivity index (χ2v) is 6.35. The second kappa shape index (κ2) is 11.8. The van der Waals surface area contributed by atoms with Gasteiger partial charge in [-0.15, -0.1) is 24.0 Å². The van der Waals surface area contributed by atoms with Crippen LogP contribution in [0.5, 0.6) is 5.75 Å². The van der Waals surface area contributed by atoms with Gasteiger partial charge in [0.05, 0.1) is 19.3 Å². The lowest BCUT2D eigenvalue weighted by Gasteiger charge is -2.11. The van der Waals surface area contributed by atoms with Crippen molar-refractivity contribution in [3.05, 3.63) is 46.8 Å². The van der Waals surface area contributed by atoms with E-state index >= 15 is 0 Å². The Balaban J connectivity index is 0.00000364. The molecule has 0 aliphatic rings. The fourth-order valence-electron chi connectivity index (χ4n) is 2.87. The van der Waals surface area contributed by atoms with Gasteiger partial charge in [0, 0.05) is 31.4 Å². The van der Waals surface area contributed by atoms with Crippen LogP contribution in [0.3, 0.4) is 0 Å². The molecule has 150 valence electrons. The molecule has 1 heterocycles. The summed E-state index contributed by atoms with van der Waals surface area (Å²) in [6.45, 7) is 8.54. The fourth-order valence-corrected chi connectivity index (χ4v) is 2.87. The highest BCUT2D eigenvalue weighted by Gasteiger charge is 2.08. The number of guanidine groups is 1. The van der Waals surface area contributed by atoms with Crippen LogP contribution in [0.4, 0.5) is 0 Å². The lowest BCUT2D eigenvalue weighted by Crippen LogP contribution is -2.37. The topological polar surface area (TPSA) is 63.5 Å². The van der Waals surface area contributed by atoms with E-state index in [1.54, 1.807) is 7.11 Å². The zero-order valence-corrected chi connectivity index (χ0v) is 19.3. The predicted molar refractivity (Wildman–Crippen MR) is 122 cm³/mol. The van der Waals surface area contributed by atoms with E-state index in [4.69, 9.17) is 9.73 Å². The Bertz CT molecular complexity index is 742. The summed E-state index contributed by atoms with van der Waals surface area (Å²) in [6, 6.07) is 8.23. The number of benzene rings is 1. The minimum Gasteiger partial charge on any atom is -0.497 e. The number of aromatic nitrogens is 2. The molecule has 0 bridgehead atoms. The molecule has 0 spiro atoms. The van der Waals surface area contributed by atoms with E-state index in [0.29, 0.717) is 6.54 Å². The van der Waals surface area contributed by atoms with Gasteiger partial charge in [0.1, 0.15) is 5.75 Å². The maximum Gasteiger partial charge on any atom is 0.191 e. The van der Waals surface area contributed by atoms with Crippen LogP contribution in [-0.4, -0.2) is 35.9 Å². The standard InChI is InChI=1S/C20H31N5O.HI/c1-6-21-20(23-14-19-15(2)24-25(4)16(19)3)22-12-8-10-17-9-7-11-18(13-17)26-5;/h7,9,11,13H,6,8,10,12,14H2,1-5H3,(H2,21,22,23);1H. The van der Waals surface area contributed by atoms with E-state index in [0.717, 1.165) is 43.3 Å². The van der Waals surface area contributed by atoms with Crippen LogP contribution in [-0.2, 0) is 20.0 Å². The first-order chi connectivity index (χ1) is 12.5. The molecule has 0 aliphatic carbocycles. The van der Waals surface area contributed by atoms with Gasteiger partial charge in [-0.05, 0) is 51.3 Å². The summed E-state index contributed by atoms with van der Waals surface area (Å²) >= 11 is 0. The number of nitrogens with zero attached hydrogens (tertiary/aromatic N) is 3. The van der Waals surface area contributed by atoms with E-state index in [1.807, 2.05) is 30.8 Å². The van der Waals surface area contributed by atoms with Crippen LogP contribution in [0.25, 0.3) is 0 Å². The molecule has 0 atom stereocenters. The maximum atomic E-state index is 5.27. The first kappa shape index (κ1) is 23.3. The summed E-state index contributed by atoms with van der Waals surface area (Å²) in [6.07, 6.45) is 2.03. The van der Waals surface area contributed by atoms with Crippen LogP contribution in [0.1, 0.15) is 35.9 Å². The third kappa shape index (κ3) is 7.04. The van der Waals surface area contributed by atoms with E-state index in [9.17, 15) is 0 Å². The molecule has 0 aliphatic heterocycles. The molecular formula is C20H32IN5O. The summed E-state index contributed by atoms with van der Waals surface area (Å²) in [7, 11) is 3.67. The van der Waals surface area contributed by atoms with Crippen molar-refractivity contribution in [2.24, 2.45) is 12.0 Å². The van der Waals surface area contributed by atoms with Crippen molar-refractivity contribution in [1.29, 1.82) is 0 Å². The first-order valence-electron chi connectivity index (χ1n) is 9.19. The minimum atomic E-state index is 0. The highest BCUT2D eigenvalue weighted by atomic mass is 127. The van der Waals surface area contributed by atoms with Crippen LogP contribution >= 0.6 is 24.0 Å².